The second-order valence-electron chi connectivity index (χ2n) is 2.73. The van der Waals surface area contributed by atoms with E-state index in [1.54, 1.807) is 0 Å². The second-order valence-corrected chi connectivity index (χ2v) is 2.73. The van der Waals surface area contributed by atoms with Crippen LogP contribution < -0.4 is 16.0 Å². The number of hydrogen-bond acceptors (Lipinski definition) is 5. The number of nitrogens with one attached hydrogen (secondary N) is 3. The normalized spacial score (nSPS) is 10.4. The van der Waals surface area contributed by atoms with Gasteiger partial charge in [0.2, 0.25) is 0 Å². The highest BCUT2D eigenvalue weighted by molar-refractivity contribution is 5.66. The largest absolute Gasteiger partial charge is 0.481 e. The van der Waals surface area contributed by atoms with E-state index >= 15 is 0 Å². The second kappa shape index (κ2) is 10.4. The van der Waals surface area contributed by atoms with Crippen LogP contribution in [0, 0.1) is 0 Å². The van der Waals surface area contributed by atoms with Gasteiger partial charge >= 0.3 is 5.97 Å². The summed E-state index contributed by atoms with van der Waals surface area (Å²) in [5.41, 5.74) is 0. The molecule has 0 unspecified atom stereocenters. The summed E-state index contributed by atoms with van der Waals surface area (Å²) in [7, 11) is 1.82. The van der Waals surface area contributed by atoms with Gasteiger partial charge in [0.1, 0.15) is 0 Å². The molecule has 84 valence electrons. The average molecular weight is 205 g/mol. The molecule has 0 saturated heterocycles. The van der Waals surface area contributed by atoms with Crippen molar-refractivity contribution in [2.24, 2.45) is 0 Å². The highest BCUT2D eigenvalue weighted by Crippen LogP contribution is 1.73. The molecule has 0 rings (SSSR count). The average Bonchev–Trinajstić information content (AvgIpc) is 2.15. The Hall–Kier alpha value is -0.690. The van der Waals surface area contributed by atoms with Gasteiger partial charge in [0.15, 0.2) is 0 Å². The molecule has 6 nitrogen and oxygen atoms in total. The number of carbonyl (C=O) groups is 1. The first-order valence-corrected chi connectivity index (χ1v) is 4.63. The Balaban J connectivity index is 2.88. The van der Waals surface area contributed by atoms with Gasteiger partial charge in [-0.25, -0.2) is 0 Å². The molecule has 0 atom stereocenters. The number of hydrogen-bond donors (Lipinski definition) is 4. The zero-order chi connectivity index (χ0) is 10.6. The topological polar surface area (TPSA) is 82.6 Å². The molecule has 0 heterocycles. The third-order valence-corrected chi connectivity index (χ3v) is 1.44. The van der Waals surface area contributed by atoms with E-state index in [9.17, 15) is 4.79 Å². The van der Waals surface area contributed by atoms with Crippen molar-refractivity contribution in [3.05, 3.63) is 0 Å². The predicted octanol–water partition coefficient (Wildman–Crippen LogP) is -1.21. The van der Waals surface area contributed by atoms with Crippen LogP contribution in [0.1, 0.15) is 6.42 Å². The van der Waals surface area contributed by atoms with Crippen molar-refractivity contribution >= 4 is 5.97 Å². The molecule has 6 heteroatoms. The first kappa shape index (κ1) is 13.3. The number of rotatable bonds is 10. The Kier molecular flexibility index (Phi) is 9.88. The van der Waals surface area contributed by atoms with E-state index in [4.69, 9.17) is 9.84 Å². The predicted molar refractivity (Wildman–Crippen MR) is 53.0 cm³/mol. The summed E-state index contributed by atoms with van der Waals surface area (Å²) >= 11 is 0. The van der Waals surface area contributed by atoms with Crippen LogP contribution in [0.3, 0.4) is 0 Å². The van der Waals surface area contributed by atoms with Crippen molar-refractivity contribution in [3.63, 3.8) is 0 Å². The molecule has 4 N–H and O–H groups in total. The third-order valence-electron chi connectivity index (χ3n) is 1.44. The Morgan fingerprint density at radius 1 is 1.36 bits per heavy atom. The third kappa shape index (κ3) is 11.3. The lowest BCUT2D eigenvalue weighted by atomic mass is 10.4. The van der Waals surface area contributed by atoms with E-state index in [1.165, 1.54) is 0 Å². The van der Waals surface area contributed by atoms with Gasteiger partial charge in [-0.05, 0) is 7.05 Å². The summed E-state index contributed by atoms with van der Waals surface area (Å²) < 4.78 is 5.13. The number of carboxylic acid groups (broad SMARTS) is 1. The highest BCUT2D eigenvalue weighted by atomic mass is 16.5. The van der Waals surface area contributed by atoms with E-state index in [0.717, 1.165) is 6.54 Å². The fraction of sp³-hybridized carbons (Fsp3) is 0.875. The van der Waals surface area contributed by atoms with Crippen molar-refractivity contribution in [1.82, 2.24) is 16.0 Å². The molecule has 0 fully saturated rings. The van der Waals surface area contributed by atoms with E-state index in [2.05, 4.69) is 16.0 Å². The van der Waals surface area contributed by atoms with Gasteiger partial charge in [0.25, 0.3) is 0 Å². The zero-order valence-electron chi connectivity index (χ0n) is 8.51. The smallest absolute Gasteiger partial charge is 0.304 e. The van der Waals surface area contributed by atoms with Crippen LogP contribution in [-0.4, -0.2) is 51.2 Å². The lowest BCUT2D eigenvalue weighted by Gasteiger charge is -2.06. The molecule has 0 saturated carbocycles. The summed E-state index contributed by atoms with van der Waals surface area (Å²) in [5, 5.41) is 17.2. The summed E-state index contributed by atoms with van der Waals surface area (Å²) in [6.45, 7) is 3.03. The van der Waals surface area contributed by atoms with Gasteiger partial charge in [-0.3, -0.25) is 10.1 Å². The molecule has 0 bridgehead atoms. The summed E-state index contributed by atoms with van der Waals surface area (Å²) in [6, 6.07) is 0. The maximum atomic E-state index is 10.1. The Morgan fingerprint density at radius 3 is 2.71 bits per heavy atom. The minimum atomic E-state index is -0.783. The standard InChI is InChI=1S/C8H19N3O3/c1-9-7-14-5-4-11-6-10-3-2-8(12)13/h9-11H,2-7H2,1H3,(H,12,13). The minimum absolute atomic E-state index is 0.151. The molecule has 0 aliphatic heterocycles. The minimum Gasteiger partial charge on any atom is -0.481 e. The fourth-order valence-electron chi connectivity index (χ4n) is 0.779. The summed E-state index contributed by atoms with van der Waals surface area (Å²) in [6.07, 6.45) is 0.151. The number of ether oxygens (including phenoxy) is 1. The molecule has 0 spiro atoms. The van der Waals surface area contributed by atoms with Gasteiger partial charge in [-0.2, -0.15) is 0 Å². The highest BCUT2D eigenvalue weighted by Gasteiger charge is 1.94. The Bertz CT molecular complexity index is 144. The molecule has 14 heavy (non-hydrogen) atoms. The maximum Gasteiger partial charge on any atom is 0.304 e. The van der Waals surface area contributed by atoms with Crippen LogP contribution in [-0.2, 0) is 9.53 Å². The van der Waals surface area contributed by atoms with Crippen LogP contribution in [0.2, 0.25) is 0 Å². The number of aliphatic carboxylic acids is 1. The van der Waals surface area contributed by atoms with Crippen LogP contribution >= 0.6 is 0 Å². The zero-order valence-corrected chi connectivity index (χ0v) is 8.51. The van der Waals surface area contributed by atoms with E-state index in [0.29, 0.717) is 26.6 Å². The van der Waals surface area contributed by atoms with Crippen LogP contribution in [0.25, 0.3) is 0 Å². The van der Waals surface area contributed by atoms with Gasteiger partial charge in [0.05, 0.1) is 19.8 Å². The SMILES string of the molecule is CNCOCCNCNCCC(=O)O. The van der Waals surface area contributed by atoms with Crippen molar-refractivity contribution in [1.29, 1.82) is 0 Å². The molecule has 0 aromatic heterocycles. The van der Waals surface area contributed by atoms with Gasteiger partial charge < -0.3 is 20.5 Å². The van der Waals surface area contributed by atoms with Crippen LogP contribution in [0.15, 0.2) is 0 Å². The maximum absolute atomic E-state index is 10.1. The van der Waals surface area contributed by atoms with Crippen molar-refractivity contribution < 1.29 is 14.6 Å². The first-order chi connectivity index (χ1) is 6.77. The monoisotopic (exact) mass is 205 g/mol. The quantitative estimate of drug-likeness (QED) is 0.265. The lowest BCUT2D eigenvalue weighted by Crippen LogP contribution is -2.33. The van der Waals surface area contributed by atoms with Gasteiger partial charge in [-0.15, -0.1) is 0 Å². The first-order valence-electron chi connectivity index (χ1n) is 4.63. The van der Waals surface area contributed by atoms with E-state index in [-0.39, 0.29) is 6.42 Å². The molecular formula is C8H19N3O3. The molecular weight excluding hydrogens is 186 g/mol. The summed E-state index contributed by atoms with van der Waals surface area (Å²) in [4.78, 5) is 10.1. The van der Waals surface area contributed by atoms with Crippen LogP contribution in [0.5, 0.6) is 0 Å². The van der Waals surface area contributed by atoms with Gasteiger partial charge in [0, 0.05) is 19.8 Å². The van der Waals surface area contributed by atoms with Gasteiger partial charge in [-0.1, -0.05) is 0 Å². The van der Waals surface area contributed by atoms with Crippen molar-refractivity contribution in [2.45, 2.75) is 6.42 Å². The van der Waals surface area contributed by atoms with E-state index < -0.39 is 5.97 Å². The van der Waals surface area contributed by atoms with E-state index in [1.807, 2.05) is 7.05 Å². The molecule has 0 aromatic rings. The fourth-order valence-corrected chi connectivity index (χ4v) is 0.779. The summed E-state index contributed by atoms with van der Waals surface area (Å²) in [5.74, 6) is -0.783. The number of carboxylic acids is 1. The molecule has 0 radical (unpaired) electrons. The Morgan fingerprint density at radius 2 is 2.07 bits per heavy atom. The molecule has 0 aliphatic rings. The van der Waals surface area contributed by atoms with Crippen molar-refractivity contribution in [3.8, 4) is 0 Å². The lowest BCUT2D eigenvalue weighted by molar-refractivity contribution is -0.136. The molecule has 0 aromatic carbocycles. The Labute approximate surface area is 84.0 Å². The van der Waals surface area contributed by atoms with Crippen LogP contribution in [0.4, 0.5) is 0 Å². The van der Waals surface area contributed by atoms with Crippen molar-refractivity contribution in [2.75, 3.05) is 40.1 Å². The molecule has 0 aliphatic carbocycles. The molecule has 0 amide bonds.